The predicted octanol–water partition coefficient (Wildman–Crippen LogP) is 3.27. The number of benzene rings is 2. The van der Waals surface area contributed by atoms with Crippen LogP contribution in [0.5, 0.6) is 0 Å². The first-order chi connectivity index (χ1) is 12.7. The molecule has 0 bridgehead atoms. The standard InChI is InChI=1S/C20H18N2O4/c23-18(22-10-4-5-11-22)13-25-20(24)15-8-9-17-16(12-15)19(26-21-17)14-6-2-1-3-7-14/h1-3,6-9,12H,4-5,10-11,13H2. The lowest BCUT2D eigenvalue weighted by Gasteiger charge is -2.14. The molecule has 0 radical (unpaired) electrons. The summed E-state index contributed by atoms with van der Waals surface area (Å²) in [6.07, 6.45) is 2.01. The van der Waals surface area contributed by atoms with Gasteiger partial charge in [-0.1, -0.05) is 35.5 Å². The highest BCUT2D eigenvalue weighted by Crippen LogP contribution is 2.29. The summed E-state index contributed by atoms with van der Waals surface area (Å²) in [5.41, 5.74) is 1.91. The van der Waals surface area contributed by atoms with Gasteiger partial charge in [0.2, 0.25) is 0 Å². The number of aromatic nitrogens is 1. The molecular weight excluding hydrogens is 332 g/mol. The topological polar surface area (TPSA) is 72.6 Å². The minimum absolute atomic E-state index is 0.146. The maximum atomic E-state index is 12.3. The average Bonchev–Trinajstić information content (AvgIpc) is 3.36. The number of carbonyl (C=O) groups excluding carboxylic acids is 2. The second-order valence-corrected chi connectivity index (χ2v) is 6.27. The van der Waals surface area contributed by atoms with Crippen LogP contribution in [-0.2, 0) is 9.53 Å². The van der Waals surface area contributed by atoms with E-state index < -0.39 is 5.97 Å². The Kier molecular flexibility index (Phi) is 4.39. The van der Waals surface area contributed by atoms with E-state index in [9.17, 15) is 9.59 Å². The number of nitrogens with zero attached hydrogens (tertiary/aromatic N) is 2. The number of likely N-dealkylation sites (tertiary alicyclic amines) is 1. The zero-order valence-corrected chi connectivity index (χ0v) is 14.2. The molecule has 0 N–H and O–H groups in total. The predicted molar refractivity (Wildman–Crippen MR) is 95.5 cm³/mol. The number of esters is 1. The van der Waals surface area contributed by atoms with E-state index in [2.05, 4.69) is 5.16 Å². The molecule has 1 saturated heterocycles. The Morgan fingerprint density at radius 1 is 1.08 bits per heavy atom. The molecule has 2 aromatic carbocycles. The van der Waals surface area contributed by atoms with Crippen LogP contribution < -0.4 is 0 Å². The highest BCUT2D eigenvalue weighted by molar-refractivity contribution is 5.99. The average molecular weight is 350 g/mol. The Morgan fingerprint density at radius 3 is 2.62 bits per heavy atom. The molecule has 1 aliphatic rings. The lowest BCUT2D eigenvalue weighted by Crippen LogP contribution is -2.32. The van der Waals surface area contributed by atoms with Crippen molar-refractivity contribution in [3.63, 3.8) is 0 Å². The van der Waals surface area contributed by atoms with E-state index in [0.29, 0.717) is 16.8 Å². The lowest BCUT2D eigenvalue weighted by atomic mass is 10.1. The van der Waals surface area contributed by atoms with Crippen molar-refractivity contribution in [2.45, 2.75) is 12.8 Å². The van der Waals surface area contributed by atoms with E-state index in [1.807, 2.05) is 30.3 Å². The summed E-state index contributed by atoms with van der Waals surface area (Å²) in [5, 5.41) is 4.77. The molecule has 26 heavy (non-hydrogen) atoms. The van der Waals surface area contributed by atoms with E-state index in [1.165, 1.54) is 0 Å². The van der Waals surface area contributed by atoms with Crippen molar-refractivity contribution in [1.29, 1.82) is 0 Å². The normalized spacial score (nSPS) is 13.9. The molecule has 132 valence electrons. The zero-order valence-electron chi connectivity index (χ0n) is 14.2. The number of carbonyl (C=O) groups is 2. The monoisotopic (exact) mass is 350 g/mol. The maximum absolute atomic E-state index is 12.3. The van der Waals surface area contributed by atoms with Crippen LogP contribution in [0.3, 0.4) is 0 Å². The van der Waals surface area contributed by atoms with Crippen molar-refractivity contribution < 1.29 is 18.8 Å². The maximum Gasteiger partial charge on any atom is 0.338 e. The van der Waals surface area contributed by atoms with Gasteiger partial charge >= 0.3 is 5.97 Å². The number of hydrogen-bond acceptors (Lipinski definition) is 5. The van der Waals surface area contributed by atoms with E-state index in [1.54, 1.807) is 23.1 Å². The fraction of sp³-hybridized carbons (Fsp3) is 0.250. The molecule has 1 aliphatic heterocycles. The number of amides is 1. The Labute approximate surface area is 150 Å². The van der Waals surface area contributed by atoms with Crippen molar-refractivity contribution in [2.75, 3.05) is 19.7 Å². The van der Waals surface area contributed by atoms with E-state index in [4.69, 9.17) is 9.26 Å². The van der Waals surface area contributed by atoms with Crippen LogP contribution in [-0.4, -0.2) is 41.6 Å². The largest absolute Gasteiger partial charge is 0.452 e. The molecule has 3 aromatic rings. The van der Waals surface area contributed by atoms with Gasteiger partial charge in [-0.2, -0.15) is 0 Å². The minimum atomic E-state index is -0.528. The molecule has 2 heterocycles. The minimum Gasteiger partial charge on any atom is -0.452 e. The fourth-order valence-electron chi connectivity index (χ4n) is 3.13. The van der Waals surface area contributed by atoms with Gasteiger partial charge < -0.3 is 14.2 Å². The third-order valence-electron chi connectivity index (χ3n) is 4.53. The Bertz CT molecular complexity index is 943. The summed E-state index contributed by atoms with van der Waals surface area (Å²) in [4.78, 5) is 26.1. The molecular formula is C20H18N2O4. The zero-order chi connectivity index (χ0) is 17.9. The first-order valence-electron chi connectivity index (χ1n) is 8.62. The van der Waals surface area contributed by atoms with Gasteiger partial charge in [-0.05, 0) is 31.0 Å². The summed E-state index contributed by atoms with van der Waals surface area (Å²) >= 11 is 0. The molecule has 6 heteroatoms. The Morgan fingerprint density at radius 2 is 1.85 bits per heavy atom. The van der Waals surface area contributed by atoms with Gasteiger partial charge in [0.25, 0.3) is 5.91 Å². The van der Waals surface area contributed by atoms with E-state index in [-0.39, 0.29) is 12.5 Å². The summed E-state index contributed by atoms with van der Waals surface area (Å²) in [6, 6.07) is 14.6. The molecule has 0 atom stereocenters. The second-order valence-electron chi connectivity index (χ2n) is 6.27. The van der Waals surface area contributed by atoms with Gasteiger partial charge in [-0.25, -0.2) is 4.79 Å². The van der Waals surface area contributed by atoms with Crippen molar-refractivity contribution in [2.24, 2.45) is 0 Å². The number of ether oxygens (including phenoxy) is 1. The molecule has 4 rings (SSSR count). The Hall–Kier alpha value is -3.15. The first kappa shape index (κ1) is 16.3. The van der Waals surface area contributed by atoms with Crippen LogP contribution in [0.4, 0.5) is 0 Å². The third kappa shape index (κ3) is 3.18. The molecule has 0 aliphatic carbocycles. The summed E-state index contributed by atoms with van der Waals surface area (Å²) in [7, 11) is 0. The lowest BCUT2D eigenvalue weighted by molar-refractivity contribution is -0.133. The summed E-state index contributed by atoms with van der Waals surface area (Å²) in [5.74, 6) is -0.0741. The Balaban J connectivity index is 1.53. The van der Waals surface area contributed by atoms with Gasteiger partial charge in [0, 0.05) is 18.7 Å². The van der Waals surface area contributed by atoms with Gasteiger partial charge in [0.1, 0.15) is 5.52 Å². The van der Waals surface area contributed by atoms with Crippen LogP contribution in [0.1, 0.15) is 23.2 Å². The highest BCUT2D eigenvalue weighted by atomic mass is 16.5. The second kappa shape index (κ2) is 7.00. The molecule has 1 aromatic heterocycles. The molecule has 0 saturated carbocycles. The van der Waals surface area contributed by atoms with Gasteiger partial charge in [-0.3, -0.25) is 4.79 Å². The summed E-state index contributed by atoms with van der Waals surface area (Å²) < 4.78 is 10.6. The first-order valence-corrected chi connectivity index (χ1v) is 8.62. The number of rotatable bonds is 4. The molecule has 1 amide bonds. The molecule has 1 fully saturated rings. The van der Waals surface area contributed by atoms with Crippen LogP contribution in [0.2, 0.25) is 0 Å². The van der Waals surface area contributed by atoms with Crippen LogP contribution >= 0.6 is 0 Å². The fourth-order valence-corrected chi connectivity index (χ4v) is 3.13. The smallest absolute Gasteiger partial charge is 0.338 e. The van der Waals surface area contributed by atoms with Crippen LogP contribution in [0, 0.1) is 0 Å². The van der Waals surface area contributed by atoms with Crippen molar-refractivity contribution >= 4 is 22.8 Å². The van der Waals surface area contributed by atoms with Gasteiger partial charge in [0.05, 0.1) is 10.9 Å². The number of fused-ring (bicyclic) bond motifs is 1. The van der Waals surface area contributed by atoms with Crippen LogP contribution in [0.25, 0.3) is 22.2 Å². The van der Waals surface area contributed by atoms with Gasteiger partial charge in [-0.15, -0.1) is 0 Å². The van der Waals surface area contributed by atoms with Gasteiger partial charge in [0.15, 0.2) is 12.4 Å². The van der Waals surface area contributed by atoms with Crippen LogP contribution in [0.15, 0.2) is 53.1 Å². The van der Waals surface area contributed by atoms with E-state index in [0.717, 1.165) is 36.9 Å². The molecule has 0 unspecified atom stereocenters. The highest BCUT2D eigenvalue weighted by Gasteiger charge is 2.20. The summed E-state index contributed by atoms with van der Waals surface area (Å²) in [6.45, 7) is 1.25. The molecule has 6 nitrogen and oxygen atoms in total. The van der Waals surface area contributed by atoms with Crippen molar-refractivity contribution in [3.05, 3.63) is 54.1 Å². The third-order valence-corrected chi connectivity index (χ3v) is 4.53. The quantitative estimate of drug-likeness (QED) is 0.675. The number of hydrogen-bond donors (Lipinski definition) is 0. The molecule has 0 spiro atoms. The van der Waals surface area contributed by atoms with Crippen molar-refractivity contribution in [1.82, 2.24) is 10.1 Å². The SMILES string of the molecule is O=C(OCC(=O)N1CCCC1)c1ccc2noc(-c3ccccc3)c2c1. The van der Waals surface area contributed by atoms with Crippen molar-refractivity contribution in [3.8, 4) is 11.3 Å². The van der Waals surface area contributed by atoms with E-state index >= 15 is 0 Å².